The monoisotopic (exact) mass is 464 g/mol. The summed E-state index contributed by atoms with van der Waals surface area (Å²) in [5.41, 5.74) is 1.62. The SMILES string of the molecule is O=C(OCc1ccccc1)c1cccc(I)c1I. The summed E-state index contributed by atoms with van der Waals surface area (Å²) in [4.78, 5) is 12.0. The Morgan fingerprint density at radius 3 is 2.44 bits per heavy atom. The van der Waals surface area contributed by atoms with Crippen molar-refractivity contribution in [1.82, 2.24) is 0 Å². The van der Waals surface area contributed by atoms with E-state index >= 15 is 0 Å². The first-order valence-electron chi connectivity index (χ1n) is 5.33. The molecule has 0 fully saturated rings. The maximum Gasteiger partial charge on any atom is 0.339 e. The summed E-state index contributed by atoms with van der Waals surface area (Å²) in [5.74, 6) is -0.276. The van der Waals surface area contributed by atoms with Gasteiger partial charge in [0, 0.05) is 7.14 Å². The summed E-state index contributed by atoms with van der Waals surface area (Å²) in [7, 11) is 0. The zero-order chi connectivity index (χ0) is 13.0. The highest BCUT2D eigenvalue weighted by atomic mass is 127. The van der Waals surface area contributed by atoms with Crippen molar-refractivity contribution < 1.29 is 9.53 Å². The van der Waals surface area contributed by atoms with Gasteiger partial charge in [-0.3, -0.25) is 0 Å². The Balaban J connectivity index is 2.07. The van der Waals surface area contributed by atoms with E-state index < -0.39 is 0 Å². The molecule has 0 saturated heterocycles. The van der Waals surface area contributed by atoms with Gasteiger partial charge in [-0.2, -0.15) is 0 Å². The molecule has 0 radical (unpaired) electrons. The van der Waals surface area contributed by atoms with E-state index in [4.69, 9.17) is 4.74 Å². The molecule has 0 spiro atoms. The third-order valence-electron chi connectivity index (χ3n) is 2.38. The molecule has 2 rings (SSSR count). The molecule has 0 saturated carbocycles. The van der Waals surface area contributed by atoms with E-state index in [1.54, 1.807) is 6.07 Å². The van der Waals surface area contributed by atoms with Crippen molar-refractivity contribution in [2.24, 2.45) is 0 Å². The smallest absolute Gasteiger partial charge is 0.339 e. The first-order chi connectivity index (χ1) is 8.68. The Bertz CT molecular complexity index is 553. The highest BCUT2D eigenvalue weighted by molar-refractivity contribution is 14.1. The van der Waals surface area contributed by atoms with Crippen molar-refractivity contribution in [2.45, 2.75) is 6.61 Å². The quantitative estimate of drug-likeness (QED) is 0.502. The van der Waals surface area contributed by atoms with Gasteiger partial charge in [0.15, 0.2) is 0 Å². The van der Waals surface area contributed by atoms with Crippen LogP contribution in [-0.4, -0.2) is 5.97 Å². The van der Waals surface area contributed by atoms with Crippen LogP contribution in [-0.2, 0) is 11.3 Å². The molecule has 0 aliphatic rings. The fraction of sp³-hybridized carbons (Fsp3) is 0.0714. The summed E-state index contributed by atoms with van der Waals surface area (Å²) < 4.78 is 7.30. The molecular weight excluding hydrogens is 454 g/mol. The maximum atomic E-state index is 12.0. The van der Waals surface area contributed by atoms with Gasteiger partial charge in [0.1, 0.15) is 6.61 Å². The Labute approximate surface area is 133 Å². The van der Waals surface area contributed by atoms with Crippen molar-refractivity contribution in [1.29, 1.82) is 0 Å². The third kappa shape index (κ3) is 3.44. The highest BCUT2D eigenvalue weighted by Gasteiger charge is 2.13. The summed E-state index contributed by atoms with van der Waals surface area (Å²) in [6.07, 6.45) is 0. The molecule has 0 unspecified atom stereocenters. The van der Waals surface area contributed by atoms with Crippen LogP contribution in [0.25, 0.3) is 0 Å². The maximum absolute atomic E-state index is 12.0. The van der Waals surface area contributed by atoms with Gasteiger partial charge in [-0.15, -0.1) is 0 Å². The number of hydrogen-bond donors (Lipinski definition) is 0. The lowest BCUT2D eigenvalue weighted by Crippen LogP contribution is -2.07. The lowest BCUT2D eigenvalue weighted by Gasteiger charge is -2.07. The summed E-state index contributed by atoms with van der Waals surface area (Å²) in [6, 6.07) is 15.3. The number of halogens is 2. The molecule has 0 atom stereocenters. The van der Waals surface area contributed by atoms with E-state index in [0.29, 0.717) is 12.2 Å². The Morgan fingerprint density at radius 1 is 1.00 bits per heavy atom. The molecule has 0 aliphatic heterocycles. The van der Waals surface area contributed by atoms with Crippen molar-refractivity contribution >= 4 is 51.2 Å². The van der Waals surface area contributed by atoms with Crippen LogP contribution in [0.4, 0.5) is 0 Å². The number of hydrogen-bond acceptors (Lipinski definition) is 2. The second-order valence-electron chi connectivity index (χ2n) is 3.66. The molecule has 2 nitrogen and oxygen atoms in total. The topological polar surface area (TPSA) is 26.3 Å². The van der Waals surface area contributed by atoms with Crippen LogP contribution in [0.3, 0.4) is 0 Å². The molecule has 4 heteroatoms. The minimum Gasteiger partial charge on any atom is -0.457 e. The number of esters is 1. The molecule has 0 aromatic heterocycles. The minimum atomic E-state index is -0.276. The van der Waals surface area contributed by atoms with Gasteiger partial charge in [0.25, 0.3) is 0 Å². The zero-order valence-electron chi connectivity index (χ0n) is 9.40. The van der Waals surface area contributed by atoms with Crippen molar-refractivity contribution in [3.8, 4) is 0 Å². The van der Waals surface area contributed by atoms with Gasteiger partial charge in [-0.1, -0.05) is 36.4 Å². The number of carbonyl (C=O) groups is 1. The normalized spacial score (nSPS) is 10.1. The molecule has 2 aromatic rings. The minimum absolute atomic E-state index is 0.276. The van der Waals surface area contributed by atoms with E-state index in [-0.39, 0.29) is 5.97 Å². The summed E-state index contributed by atoms with van der Waals surface area (Å²) >= 11 is 4.37. The average molecular weight is 464 g/mol. The molecule has 0 bridgehead atoms. The van der Waals surface area contributed by atoms with Gasteiger partial charge < -0.3 is 4.74 Å². The second kappa shape index (κ2) is 6.51. The fourth-order valence-corrected chi connectivity index (χ4v) is 2.54. The molecule has 2 aromatic carbocycles. The fourth-order valence-electron chi connectivity index (χ4n) is 1.46. The molecule has 18 heavy (non-hydrogen) atoms. The van der Waals surface area contributed by atoms with Crippen LogP contribution >= 0.6 is 45.2 Å². The van der Waals surface area contributed by atoms with E-state index in [1.165, 1.54) is 0 Å². The summed E-state index contributed by atoms with van der Waals surface area (Å²) in [6.45, 7) is 0.307. The van der Waals surface area contributed by atoms with E-state index in [2.05, 4.69) is 45.2 Å². The Kier molecular flexibility index (Phi) is 4.99. The highest BCUT2D eigenvalue weighted by Crippen LogP contribution is 2.20. The van der Waals surface area contributed by atoms with Gasteiger partial charge in [0.05, 0.1) is 5.56 Å². The van der Waals surface area contributed by atoms with E-state index in [9.17, 15) is 4.79 Å². The van der Waals surface area contributed by atoms with Crippen LogP contribution in [0.15, 0.2) is 48.5 Å². The molecular formula is C14H10I2O2. The standard InChI is InChI=1S/C14H10I2O2/c15-12-8-4-7-11(13(12)16)14(17)18-9-10-5-2-1-3-6-10/h1-8H,9H2. The number of carbonyl (C=O) groups excluding carboxylic acids is 1. The first kappa shape index (κ1) is 13.8. The van der Waals surface area contributed by atoms with Crippen molar-refractivity contribution in [3.05, 3.63) is 66.8 Å². The molecule has 0 N–H and O–H groups in total. The van der Waals surface area contributed by atoms with Crippen LogP contribution < -0.4 is 0 Å². The average Bonchev–Trinajstić information content (AvgIpc) is 2.40. The predicted octanol–water partition coefficient (Wildman–Crippen LogP) is 4.25. The van der Waals surface area contributed by atoms with Crippen LogP contribution in [0.1, 0.15) is 15.9 Å². The molecule has 0 heterocycles. The zero-order valence-corrected chi connectivity index (χ0v) is 13.7. The lowest BCUT2D eigenvalue weighted by molar-refractivity contribution is 0.0471. The number of benzene rings is 2. The van der Waals surface area contributed by atoms with Crippen LogP contribution in [0.2, 0.25) is 0 Å². The van der Waals surface area contributed by atoms with Gasteiger partial charge in [0.2, 0.25) is 0 Å². The Hall–Kier alpha value is -0.630. The van der Waals surface area contributed by atoms with Gasteiger partial charge >= 0.3 is 5.97 Å². The molecule has 92 valence electrons. The number of rotatable bonds is 3. The Morgan fingerprint density at radius 2 is 1.72 bits per heavy atom. The second-order valence-corrected chi connectivity index (χ2v) is 5.90. The van der Waals surface area contributed by atoms with Gasteiger partial charge in [-0.05, 0) is 62.9 Å². The van der Waals surface area contributed by atoms with Crippen LogP contribution in [0, 0.1) is 7.14 Å². The van der Waals surface area contributed by atoms with E-state index in [1.807, 2.05) is 42.5 Å². The molecule has 0 aliphatic carbocycles. The van der Waals surface area contributed by atoms with E-state index in [0.717, 1.165) is 12.7 Å². The first-order valence-corrected chi connectivity index (χ1v) is 7.49. The molecule has 0 amide bonds. The van der Waals surface area contributed by atoms with Crippen molar-refractivity contribution in [2.75, 3.05) is 0 Å². The summed E-state index contributed by atoms with van der Waals surface area (Å²) in [5, 5.41) is 0. The van der Waals surface area contributed by atoms with Crippen molar-refractivity contribution in [3.63, 3.8) is 0 Å². The third-order valence-corrected chi connectivity index (χ3v) is 5.48. The van der Waals surface area contributed by atoms with Gasteiger partial charge in [-0.25, -0.2) is 4.79 Å². The lowest BCUT2D eigenvalue weighted by atomic mass is 10.2. The largest absolute Gasteiger partial charge is 0.457 e. The van der Waals surface area contributed by atoms with Crippen LogP contribution in [0.5, 0.6) is 0 Å². The predicted molar refractivity (Wildman–Crippen MR) is 87.4 cm³/mol. The number of ether oxygens (including phenoxy) is 1.